The molecule has 27 heavy (non-hydrogen) atoms. The molecule has 136 valence electrons. The zero-order valence-corrected chi connectivity index (χ0v) is 14.5. The van der Waals surface area contributed by atoms with E-state index in [0.29, 0.717) is 16.8 Å². The third kappa shape index (κ3) is 4.52. The van der Waals surface area contributed by atoms with Crippen LogP contribution in [0.1, 0.15) is 21.5 Å². The highest BCUT2D eigenvalue weighted by molar-refractivity contribution is 6.12. The number of carboxylic acids is 1. The number of para-hydroxylation sites is 1. The van der Waals surface area contributed by atoms with Gasteiger partial charge in [0.25, 0.3) is 0 Å². The third-order valence-corrected chi connectivity index (χ3v) is 4.21. The van der Waals surface area contributed by atoms with Gasteiger partial charge in [0.15, 0.2) is 5.78 Å². The molecular weight excluding hydrogens is 342 g/mol. The molecule has 0 saturated carbocycles. The van der Waals surface area contributed by atoms with Crippen LogP contribution in [0.2, 0.25) is 0 Å². The second-order valence-corrected chi connectivity index (χ2v) is 6.15. The van der Waals surface area contributed by atoms with Gasteiger partial charge in [-0.05, 0) is 29.8 Å². The molecule has 5 nitrogen and oxygen atoms in total. The second kappa shape index (κ2) is 8.19. The normalized spacial score (nSPS) is 11.6. The molecule has 3 rings (SSSR count). The zero-order valence-electron chi connectivity index (χ0n) is 14.5. The zero-order chi connectivity index (χ0) is 19.2. The molecule has 0 aliphatic rings. The molecule has 0 fully saturated rings. The van der Waals surface area contributed by atoms with E-state index in [9.17, 15) is 19.8 Å². The fourth-order valence-electron chi connectivity index (χ4n) is 2.81. The highest BCUT2D eigenvalue weighted by atomic mass is 16.4. The molecule has 0 heterocycles. The maximum Gasteiger partial charge on any atom is 0.326 e. The van der Waals surface area contributed by atoms with Gasteiger partial charge in [0, 0.05) is 23.2 Å². The lowest BCUT2D eigenvalue weighted by Gasteiger charge is -2.18. The molecule has 0 spiro atoms. The number of carbonyl (C=O) groups is 2. The van der Waals surface area contributed by atoms with Crippen molar-refractivity contribution in [2.24, 2.45) is 0 Å². The number of hydrogen-bond donors (Lipinski definition) is 3. The van der Waals surface area contributed by atoms with Gasteiger partial charge >= 0.3 is 5.97 Å². The number of carboxylic acid groups (broad SMARTS) is 1. The van der Waals surface area contributed by atoms with Gasteiger partial charge < -0.3 is 15.5 Å². The number of nitrogens with one attached hydrogen (secondary N) is 1. The van der Waals surface area contributed by atoms with E-state index in [-0.39, 0.29) is 18.0 Å². The molecule has 0 aliphatic carbocycles. The summed E-state index contributed by atoms with van der Waals surface area (Å²) >= 11 is 0. The van der Waals surface area contributed by atoms with E-state index >= 15 is 0 Å². The predicted octanol–water partition coefficient (Wildman–Crippen LogP) is 3.73. The first kappa shape index (κ1) is 18.2. The molecule has 0 saturated heterocycles. The summed E-state index contributed by atoms with van der Waals surface area (Å²) in [6.07, 6.45) is 0.212. The van der Waals surface area contributed by atoms with E-state index < -0.39 is 12.0 Å². The van der Waals surface area contributed by atoms with Crippen LogP contribution >= 0.6 is 0 Å². The number of anilines is 1. The Morgan fingerprint density at radius 1 is 0.852 bits per heavy atom. The van der Waals surface area contributed by atoms with E-state index in [1.165, 1.54) is 12.1 Å². The van der Waals surface area contributed by atoms with E-state index in [2.05, 4.69) is 5.32 Å². The monoisotopic (exact) mass is 361 g/mol. The third-order valence-electron chi connectivity index (χ3n) is 4.21. The van der Waals surface area contributed by atoms with Crippen molar-refractivity contribution in [1.29, 1.82) is 0 Å². The molecule has 1 atom stereocenters. The van der Waals surface area contributed by atoms with Gasteiger partial charge in [0.1, 0.15) is 11.8 Å². The van der Waals surface area contributed by atoms with Crippen molar-refractivity contribution in [3.63, 3.8) is 0 Å². The lowest BCUT2D eigenvalue weighted by Crippen LogP contribution is -2.32. The van der Waals surface area contributed by atoms with Crippen LogP contribution in [0.3, 0.4) is 0 Å². The van der Waals surface area contributed by atoms with Crippen LogP contribution in [-0.4, -0.2) is 28.0 Å². The number of aliphatic carboxylic acids is 1. The van der Waals surface area contributed by atoms with Crippen molar-refractivity contribution in [2.45, 2.75) is 12.5 Å². The van der Waals surface area contributed by atoms with Crippen molar-refractivity contribution >= 4 is 17.4 Å². The van der Waals surface area contributed by atoms with E-state index in [1.807, 2.05) is 6.07 Å². The van der Waals surface area contributed by atoms with E-state index in [0.717, 1.165) is 5.56 Å². The van der Waals surface area contributed by atoms with Gasteiger partial charge in [-0.1, -0.05) is 54.6 Å². The lowest BCUT2D eigenvalue weighted by molar-refractivity contribution is -0.137. The van der Waals surface area contributed by atoms with Crippen LogP contribution in [-0.2, 0) is 11.2 Å². The smallest absolute Gasteiger partial charge is 0.326 e. The first-order valence-corrected chi connectivity index (χ1v) is 8.50. The Morgan fingerprint density at radius 3 is 2.15 bits per heavy atom. The van der Waals surface area contributed by atoms with Gasteiger partial charge in [-0.15, -0.1) is 0 Å². The number of ketones is 1. The summed E-state index contributed by atoms with van der Waals surface area (Å²) in [6, 6.07) is 21.2. The first-order valence-electron chi connectivity index (χ1n) is 8.50. The van der Waals surface area contributed by atoms with Crippen LogP contribution < -0.4 is 5.32 Å². The minimum Gasteiger partial charge on any atom is -0.508 e. The van der Waals surface area contributed by atoms with Crippen molar-refractivity contribution in [2.75, 3.05) is 5.32 Å². The number of rotatable bonds is 7. The second-order valence-electron chi connectivity index (χ2n) is 6.15. The molecule has 3 N–H and O–H groups in total. The molecule has 3 aromatic rings. The van der Waals surface area contributed by atoms with Gasteiger partial charge in [-0.25, -0.2) is 4.79 Å². The topological polar surface area (TPSA) is 86.6 Å². The summed E-state index contributed by atoms with van der Waals surface area (Å²) in [6.45, 7) is 0. The lowest BCUT2D eigenvalue weighted by atomic mass is 10.00. The molecular formula is C22H19NO4. The number of carbonyl (C=O) groups excluding carboxylic acids is 1. The van der Waals surface area contributed by atoms with Crippen molar-refractivity contribution < 1.29 is 19.8 Å². The van der Waals surface area contributed by atoms with Crippen molar-refractivity contribution in [1.82, 2.24) is 0 Å². The summed E-state index contributed by atoms with van der Waals surface area (Å²) in [5.41, 5.74) is 2.19. The van der Waals surface area contributed by atoms with Crippen molar-refractivity contribution in [3.8, 4) is 5.75 Å². The van der Waals surface area contributed by atoms with Crippen molar-refractivity contribution in [3.05, 3.63) is 95.6 Å². The van der Waals surface area contributed by atoms with Crippen LogP contribution in [0.25, 0.3) is 0 Å². The first-order chi connectivity index (χ1) is 13.0. The van der Waals surface area contributed by atoms with Crippen LogP contribution in [0, 0.1) is 0 Å². The molecule has 0 aromatic heterocycles. The average molecular weight is 361 g/mol. The number of benzene rings is 3. The molecule has 3 aromatic carbocycles. The Hall–Kier alpha value is -3.60. The van der Waals surface area contributed by atoms with Crippen LogP contribution in [0.5, 0.6) is 5.75 Å². The summed E-state index contributed by atoms with van der Waals surface area (Å²) < 4.78 is 0. The number of aromatic hydroxyl groups is 1. The molecule has 5 heteroatoms. The fraction of sp³-hybridized carbons (Fsp3) is 0.0909. The maximum atomic E-state index is 12.8. The van der Waals surface area contributed by atoms with E-state index in [1.54, 1.807) is 60.7 Å². The molecule has 0 aliphatic heterocycles. The highest BCUT2D eigenvalue weighted by Crippen LogP contribution is 2.21. The highest BCUT2D eigenvalue weighted by Gasteiger charge is 2.21. The van der Waals surface area contributed by atoms with Gasteiger partial charge in [0.05, 0.1) is 0 Å². The minimum atomic E-state index is -1.02. The summed E-state index contributed by atoms with van der Waals surface area (Å²) in [4.78, 5) is 24.5. The van der Waals surface area contributed by atoms with Gasteiger partial charge in [0.2, 0.25) is 0 Å². The Kier molecular flexibility index (Phi) is 5.52. The Bertz CT molecular complexity index is 936. The quantitative estimate of drug-likeness (QED) is 0.558. The van der Waals surface area contributed by atoms with Gasteiger partial charge in [-0.3, -0.25) is 4.79 Å². The number of phenolic OH excluding ortho intramolecular Hbond substituents is 1. The summed E-state index contributed by atoms with van der Waals surface area (Å²) in [7, 11) is 0. The van der Waals surface area contributed by atoms with Crippen LogP contribution in [0.15, 0.2) is 78.9 Å². The predicted molar refractivity (Wildman–Crippen MR) is 103 cm³/mol. The molecule has 0 radical (unpaired) electrons. The van der Waals surface area contributed by atoms with Crippen LogP contribution in [0.4, 0.5) is 5.69 Å². The fourth-order valence-corrected chi connectivity index (χ4v) is 2.81. The minimum absolute atomic E-state index is 0.123. The summed E-state index contributed by atoms with van der Waals surface area (Å²) in [5.74, 6) is -1.07. The standard InChI is InChI=1S/C22H19NO4/c24-17-12-10-15(11-13-17)14-20(22(26)27)23-19-9-5-4-8-18(19)21(25)16-6-2-1-3-7-16/h1-13,20,23-24H,14H2,(H,26,27). The molecule has 1 unspecified atom stereocenters. The largest absolute Gasteiger partial charge is 0.508 e. The van der Waals surface area contributed by atoms with Gasteiger partial charge in [-0.2, -0.15) is 0 Å². The Morgan fingerprint density at radius 2 is 1.48 bits per heavy atom. The number of hydrogen-bond acceptors (Lipinski definition) is 4. The average Bonchev–Trinajstić information content (AvgIpc) is 2.69. The SMILES string of the molecule is O=C(c1ccccc1)c1ccccc1NC(Cc1ccc(O)cc1)C(=O)O. The Labute approximate surface area is 156 Å². The van der Waals surface area contributed by atoms with E-state index in [4.69, 9.17) is 0 Å². The maximum absolute atomic E-state index is 12.8. The molecule has 0 bridgehead atoms. The Balaban J connectivity index is 1.85. The summed E-state index contributed by atoms with van der Waals surface area (Å²) in [5, 5.41) is 21.9. The molecule has 0 amide bonds. The number of phenols is 1.